The molecule has 0 spiro atoms. The predicted octanol–water partition coefficient (Wildman–Crippen LogP) is 4.16. The van der Waals surface area contributed by atoms with Crippen molar-refractivity contribution in [2.45, 2.75) is 77.0 Å². The molecule has 6 rings (SSSR count). The van der Waals surface area contributed by atoms with Crippen LogP contribution in [0.4, 0.5) is 0 Å². The van der Waals surface area contributed by atoms with Gasteiger partial charge in [-0.1, -0.05) is 19.9 Å². The molecule has 26 heavy (non-hydrogen) atoms. The van der Waals surface area contributed by atoms with Gasteiger partial charge in [-0.05, 0) is 132 Å². The van der Waals surface area contributed by atoms with Gasteiger partial charge in [-0.25, -0.2) is 0 Å². The lowest BCUT2D eigenvalue weighted by atomic mass is 10.0. The van der Waals surface area contributed by atoms with E-state index < -0.39 is 7.80 Å². The van der Waals surface area contributed by atoms with E-state index >= 15 is 0 Å². The fourth-order valence-corrected chi connectivity index (χ4v) is 8.67. The summed E-state index contributed by atoms with van der Waals surface area (Å²) in [7, 11) is 6.59. The smallest absolute Gasteiger partial charge is 0.0948 e. The molecule has 0 aliphatic heterocycles. The van der Waals surface area contributed by atoms with E-state index in [4.69, 9.17) is 7.57 Å². The van der Waals surface area contributed by atoms with Crippen LogP contribution in [0.5, 0.6) is 0 Å². The van der Waals surface area contributed by atoms with Crippen molar-refractivity contribution in [1.82, 2.24) is 0 Å². The molecule has 4 aliphatic rings. The molecule has 0 unspecified atom stereocenters. The normalized spacial score (nSPS) is 19.7. The average Bonchev–Trinajstić information content (AvgIpc) is 3.42. The van der Waals surface area contributed by atoms with Crippen molar-refractivity contribution in [3.63, 3.8) is 0 Å². The van der Waals surface area contributed by atoms with Gasteiger partial charge in [-0.15, -0.1) is 0 Å². The molecule has 0 atom stereocenters. The molecule has 0 N–H and O–H groups in total. The molecule has 130 valence electrons. The van der Waals surface area contributed by atoms with Crippen molar-refractivity contribution < 1.29 is 0 Å². The third-order valence-corrected chi connectivity index (χ3v) is 9.41. The van der Waals surface area contributed by atoms with Crippen LogP contribution in [0.1, 0.15) is 70.2 Å². The summed E-state index contributed by atoms with van der Waals surface area (Å²) < 4.78 is 0. The lowest BCUT2D eigenvalue weighted by Crippen LogP contribution is -2.25. The second-order valence-electron chi connectivity index (χ2n) is 8.79. The number of hydrogen-bond acceptors (Lipinski definition) is 0. The van der Waals surface area contributed by atoms with Crippen molar-refractivity contribution in [2.75, 3.05) is 0 Å². The second kappa shape index (κ2) is 5.97. The Kier molecular flexibility index (Phi) is 3.66. The molecule has 0 bridgehead atoms. The molecule has 0 saturated carbocycles. The van der Waals surface area contributed by atoms with Crippen LogP contribution in [-0.2, 0) is 51.4 Å². The van der Waals surface area contributed by atoms with Crippen LogP contribution in [-0.4, -0.2) is 7.57 Å². The summed E-state index contributed by atoms with van der Waals surface area (Å²) in [6.45, 7) is 0. The number of hydrogen-bond donors (Lipinski definition) is 0. The van der Waals surface area contributed by atoms with E-state index in [1.807, 2.05) is 0 Å². The highest BCUT2D eigenvalue weighted by molar-refractivity contribution is 7.94. The minimum atomic E-state index is -0.682. The van der Waals surface area contributed by atoms with Crippen LogP contribution in [0.25, 0.3) is 0 Å². The standard InChI is InChI=1S/C24H26BP/c25-26(23-19-9-1-5-15(19)13-16-6-2-10-20(16)23)24-21-11-3-7-17(21)14-18-8-4-12-22(18)24/h13-14H,1-12H2. The van der Waals surface area contributed by atoms with Crippen molar-refractivity contribution in [2.24, 2.45) is 0 Å². The van der Waals surface area contributed by atoms with Gasteiger partial charge in [-0.2, -0.15) is 0 Å². The van der Waals surface area contributed by atoms with E-state index in [1.165, 1.54) is 77.0 Å². The largest absolute Gasteiger partial charge is 0.121 e. The van der Waals surface area contributed by atoms with Crippen LogP contribution in [0.2, 0.25) is 0 Å². The van der Waals surface area contributed by atoms with Gasteiger partial charge in [0.15, 0.2) is 0 Å². The Morgan fingerprint density at radius 3 is 1.12 bits per heavy atom. The number of aryl methyl sites for hydroxylation is 4. The SMILES string of the molecule is [B]P(c1c2c(cc3c1CCC3)CCC2)c1c2c(cc3c1CCC3)CCC2. The maximum atomic E-state index is 7.27. The molecule has 4 aliphatic carbocycles. The van der Waals surface area contributed by atoms with Crippen LogP contribution >= 0.6 is 7.80 Å². The molecule has 0 nitrogen and oxygen atoms in total. The minimum Gasteiger partial charge on any atom is -0.0948 e. The monoisotopic (exact) mass is 356 g/mol. The van der Waals surface area contributed by atoms with Crippen molar-refractivity contribution in [1.29, 1.82) is 0 Å². The first-order valence-corrected chi connectivity index (χ1v) is 12.1. The number of rotatable bonds is 2. The van der Waals surface area contributed by atoms with Crippen LogP contribution < -0.4 is 10.6 Å². The Labute approximate surface area is 159 Å². The zero-order valence-electron chi connectivity index (χ0n) is 15.7. The van der Waals surface area contributed by atoms with E-state index in [9.17, 15) is 0 Å². The van der Waals surface area contributed by atoms with Gasteiger partial charge >= 0.3 is 0 Å². The molecule has 2 aromatic rings. The van der Waals surface area contributed by atoms with Crippen molar-refractivity contribution >= 4 is 26.0 Å². The number of fused-ring (bicyclic) bond motifs is 4. The topological polar surface area (TPSA) is 0 Å². The Morgan fingerprint density at radius 2 is 0.808 bits per heavy atom. The highest BCUT2D eigenvalue weighted by Crippen LogP contribution is 2.44. The van der Waals surface area contributed by atoms with Gasteiger partial charge < -0.3 is 0 Å². The van der Waals surface area contributed by atoms with Crippen LogP contribution in [0, 0.1) is 0 Å². The molecular weight excluding hydrogens is 330 g/mol. The molecule has 0 saturated heterocycles. The van der Waals surface area contributed by atoms with Gasteiger partial charge in [0.25, 0.3) is 0 Å². The summed E-state index contributed by atoms with van der Waals surface area (Å²) in [6.07, 6.45) is 15.5. The molecule has 0 fully saturated rings. The molecule has 0 aromatic heterocycles. The molecule has 2 heteroatoms. The first kappa shape index (κ1) is 15.9. The Morgan fingerprint density at radius 1 is 0.500 bits per heavy atom. The first-order valence-electron chi connectivity index (χ1n) is 10.7. The average molecular weight is 356 g/mol. The van der Waals surface area contributed by atoms with Gasteiger partial charge in [0.2, 0.25) is 0 Å². The highest BCUT2D eigenvalue weighted by Gasteiger charge is 2.31. The van der Waals surface area contributed by atoms with E-state index in [-0.39, 0.29) is 0 Å². The fraction of sp³-hybridized carbons (Fsp3) is 0.500. The Hall–Kier alpha value is -1.07. The third kappa shape index (κ3) is 2.19. The maximum absolute atomic E-state index is 7.27. The number of benzene rings is 2. The quantitative estimate of drug-likeness (QED) is 0.560. The Balaban J connectivity index is 1.59. The van der Waals surface area contributed by atoms with E-state index in [0.717, 1.165) is 0 Å². The second-order valence-corrected chi connectivity index (χ2v) is 10.4. The van der Waals surface area contributed by atoms with Crippen LogP contribution in [0.15, 0.2) is 12.1 Å². The lowest BCUT2D eigenvalue weighted by molar-refractivity contribution is 0.899. The molecule has 2 radical (unpaired) electrons. The van der Waals surface area contributed by atoms with Gasteiger partial charge in [0, 0.05) is 0 Å². The van der Waals surface area contributed by atoms with Crippen LogP contribution in [0.3, 0.4) is 0 Å². The van der Waals surface area contributed by atoms with E-state index in [2.05, 4.69) is 12.1 Å². The van der Waals surface area contributed by atoms with E-state index in [1.54, 1.807) is 55.1 Å². The third-order valence-electron chi connectivity index (χ3n) is 7.36. The summed E-state index contributed by atoms with van der Waals surface area (Å²) >= 11 is 0. The van der Waals surface area contributed by atoms with E-state index in [0.29, 0.717) is 0 Å². The van der Waals surface area contributed by atoms with Gasteiger partial charge in [0.05, 0.1) is 0 Å². The summed E-state index contributed by atoms with van der Waals surface area (Å²) in [5.74, 6) is 0. The lowest BCUT2D eigenvalue weighted by Gasteiger charge is -2.27. The predicted molar refractivity (Wildman–Crippen MR) is 113 cm³/mol. The first-order chi connectivity index (χ1) is 12.8. The maximum Gasteiger partial charge on any atom is 0.121 e. The fourth-order valence-electron chi connectivity index (χ4n) is 6.27. The summed E-state index contributed by atoms with van der Waals surface area (Å²) in [5, 5.41) is 3.27. The summed E-state index contributed by atoms with van der Waals surface area (Å²) in [4.78, 5) is 0. The zero-order valence-corrected chi connectivity index (χ0v) is 16.6. The molecule has 0 heterocycles. The van der Waals surface area contributed by atoms with Gasteiger partial charge in [-0.3, -0.25) is 0 Å². The van der Waals surface area contributed by atoms with Crippen molar-refractivity contribution in [3.8, 4) is 0 Å². The molecule has 0 amide bonds. The summed E-state index contributed by atoms with van der Waals surface area (Å²) in [6, 6.07) is 5.11. The van der Waals surface area contributed by atoms with Gasteiger partial charge in [0.1, 0.15) is 7.57 Å². The highest BCUT2D eigenvalue weighted by atomic mass is 31.1. The summed E-state index contributed by atoms with van der Waals surface area (Å²) in [5.41, 5.74) is 13.2. The minimum absolute atomic E-state index is 0.682. The molecular formula is C24H26BP. The Bertz CT molecular complexity index is 787. The van der Waals surface area contributed by atoms with Crippen molar-refractivity contribution in [3.05, 3.63) is 56.6 Å². The zero-order chi connectivity index (χ0) is 17.3. The molecule has 2 aromatic carbocycles.